The van der Waals surface area contributed by atoms with Crippen molar-refractivity contribution in [2.75, 3.05) is 20.1 Å². The Labute approximate surface area is 124 Å². The lowest BCUT2D eigenvalue weighted by molar-refractivity contribution is 0.00360. The van der Waals surface area contributed by atoms with Crippen LogP contribution in [0.15, 0.2) is 0 Å². The molecule has 114 valence electrons. The molecule has 2 rings (SSSR count). The van der Waals surface area contributed by atoms with E-state index in [2.05, 4.69) is 43.7 Å². The van der Waals surface area contributed by atoms with E-state index >= 15 is 0 Å². The van der Waals surface area contributed by atoms with E-state index in [0.717, 1.165) is 25.4 Å². The van der Waals surface area contributed by atoms with Crippen LogP contribution in [0.4, 0.5) is 0 Å². The normalized spacial score (nSPS) is 40.5. The van der Waals surface area contributed by atoms with Gasteiger partial charge < -0.3 is 0 Å². The van der Waals surface area contributed by atoms with E-state index in [4.69, 9.17) is 0 Å². The third kappa shape index (κ3) is 3.35. The van der Waals surface area contributed by atoms with Crippen molar-refractivity contribution < 1.29 is 0 Å². The summed E-state index contributed by atoms with van der Waals surface area (Å²) in [6, 6.07) is 4.31. The van der Waals surface area contributed by atoms with Gasteiger partial charge in [0, 0.05) is 31.2 Å². The van der Waals surface area contributed by atoms with Gasteiger partial charge in [-0.25, -0.2) is 0 Å². The molecule has 1 aliphatic carbocycles. The third-order valence-electron chi connectivity index (χ3n) is 5.64. The van der Waals surface area contributed by atoms with Crippen molar-refractivity contribution in [3.63, 3.8) is 0 Å². The lowest BCUT2D eigenvalue weighted by Gasteiger charge is -2.48. The number of piperazine rings is 1. The van der Waals surface area contributed by atoms with Crippen LogP contribution in [0.1, 0.15) is 52.9 Å². The van der Waals surface area contributed by atoms with Gasteiger partial charge in [-0.3, -0.25) is 9.80 Å². The molecular formula is C17H31N3. The maximum atomic E-state index is 9.50. The minimum atomic E-state index is 0.255. The van der Waals surface area contributed by atoms with Gasteiger partial charge in [-0.2, -0.15) is 5.26 Å². The lowest BCUT2D eigenvalue weighted by atomic mass is 9.76. The molecule has 0 aromatic carbocycles. The Balaban J connectivity index is 2.05. The summed E-state index contributed by atoms with van der Waals surface area (Å²) in [5.74, 6) is 1.10. The Kier molecular flexibility index (Phi) is 5.46. The maximum Gasteiger partial charge on any atom is 0.0672 e. The third-order valence-corrected chi connectivity index (χ3v) is 5.64. The average molecular weight is 277 g/mol. The molecule has 2 fully saturated rings. The molecular weight excluding hydrogens is 246 g/mol. The highest BCUT2D eigenvalue weighted by Gasteiger charge is 2.38. The molecule has 0 amide bonds. The van der Waals surface area contributed by atoms with E-state index in [1.54, 1.807) is 0 Å². The van der Waals surface area contributed by atoms with Gasteiger partial charge in [0.1, 0.15) is 0 Å². The van der Waals surface area contributed by atoms with Gasteiger partial charge >= 0.3 is 0 Å². The molecule has 0 bridgehead atoms. The fourth-order valence-electron chi connectivity index (χ4n) is 4.17. The van der Waals surface area contributed by atoms with Crippen molar-refractivity contribution in [3.8, 4) is 6.07 Å². The standard InChI is InChI=1S/C17H31N3/c1-5-6-15-7-8-16(10-18)17(9-15)20-11-13(2)19(4)14(3)12-20/h13-17H,5-9,11-12H2,1-4H3. The zero-order valence-corrected chi connectivity index (χ0v) is 13.7. The van der Waals surface area contributed by atoms with Crippen molar-refractivity contribution >= 4 is 0 Å². The topological polar surface area (TPSA) is 30.3 Å². The highest BCUT2D eigenvalue weighted by molar-refractivity contribution is 5.00. The largest absolute Gasteiger partial charge is 0.298 e. The van der Waals surface area contributed by atoms with Crippen molar-refractivity contribution in [2.45, 2.75) is 71.0 Å². The van der Waals surface area contributed by atoms with Gasteiger partial charge in [0.25, 0.3) is 0 Å². The molecule has 1 aliphatic heterocycles. The van der Waals surface area contributed by atoms with E-state index in [-0.39, 0.29) is 5.92 Å². The molecule has 3 heteroatoms. The zero-order valence-electron chi connectivity index (χ0n) is 13.7. The summed E-state index contributed by atoms with van der Waals surface area (Å²) < 4.78 is 0. The van der Waals surface area contributed by atoms with Gasteiger partial charge in [0.2, 0.25) is 0 Å². The fraction of sp³-hybridized carbons (Fsp3) is 0.941. The Bertz CT molecular complexity index is 337. The van der Waals surface area contributed by atoms with Crippen LogP contribution in [0.5, 0.6) is 0 Å². The Morgan fingerprint density at radius 3 is 2.35 bits per heavy atom. The van der Waals surface area contributed by atoms with Crippen LogP contribution >= 0.6 is 0 Å². The summed E-state index contributed by atoms with van der Waals surface area (Å²) in [7, 11) is 2.23. The predicted molar refractivity (Wildman–Crippen MR) is 83.4 cm³/mol. The Morgan fingerprint density at radius 1 is 1.15 bits per heavy atom. The van der Waals surface area contributed by atoms with E-state index < -0.39 is 0 Å². The Hall–Kier alpha value is -0.590. The molecule has 3 nitrogen and oxygen atoms in total. The number of likely N-dealkylation sites (N-methyl/N-ethyl adjacent to an activating group) is 1. The zero-order chi connectivity index (χ0) is 14.7. The smallest absolute Gasteiger partial charge is 0.0672 e. The quantitative estimate of drug-likeness (QED) is 0.794. The van der Waals surface area contributed by atoms with E-state index in [1.807, 2.05) is 0 Å². The number of nitrogens with zero attached hydrogens (tertiary/aromatic N) is 3. The van der Waals surface area contributed by atoms with E-state index in [0.29, 0.717) is 18.1 Å². The molecule has 2 aliphatic rings. The first-order valence-electron chi connectivity index (χ1n) is 8.42. The monoisotopic (exact) mass is 277 g/mol. The first-order valence-corrected chi connectivity index (χ1v) is 8.42. The van der Waals surface area contributed by atoms with Crippen LogP contribution in [-0.2, 0) is 0 Å². The number of hydrogen-bond acceptors (Lipinski definition) is 3. The molecule has 20 heavy (non-hydrogen) atoms. The molecule has 1 heterocycles. The van der Waals surface area contributed by atoms with Crippen LogP contribution in [0.3, 0.4) is 0 Å². The summed E-state index contributed by atoms with van der Waals surface area (Å²) >= 11 is 0. The van der Waals surface area contributed by atoms with Crippen LogP contribution in [0, 0.1) is 23.2 Å². The fourth-order valence-corrected chi connectivity index (χ4v) is 4.17. The van der Waals surface area contributed by atoms with Gasteiger partial charge in [0.15, 0.2) is 0 Å². The minimum Gasteiger partial charge on any atom is -0.298 e. The lowest BCUT2D eigenvalue weighted by Crippen LogP contribution is -2.59. The van der Waals surface area contributed by atoms with Crippen molar-refractivity contribution in [1.82, 2.24) is 9.80 Å². The molecule has 5 unspecified atom stereocenters. The Morgan fingerprint density at radius 2 is 1.80 bits per heavy atom. The summed E-state index contributed by atoms with van der Waals surface area (Å²) in [5.41, 5.74) is 0. The van der Waals surface area contributed by atoms with Crippen LogP contribution < -0.4 is 0 Å². The van der Waals surface area contributed by atoms with Gasteiger partial charge in [0.05, 0.1) is 12.0 Å². The number of hydrogen-bond donors (Lipinski definition) is 0. The molecule has 0 spiro atoms. The van der Waals surface area contributed by atoms with Gasteiger partial charge in [-0.05, 0) is 46.1 Å². The second-order valence-electron chi connectivity index (χ2n) is 7.09. The number of rotatable bonds is 3. The molecule has 0 radical (unpaired) electrons. The summed E-state index contributed by atoms with van der Waals surface area (Å²) in [5, 5.41) is 9.50. The SMILES string of the molecule is CCCC1CCC(C#N)C(N2CC(C)N(C)C(C)C2)C1. The van der Waals surface area contributed by atoms with Crippen molar-refractivity contribution in [1.29, 1.82) is 5.26 Å². The highest BCUT2D eigenvalue weighted by atomic mass is 15.3. The van der Waals surface area contributed by atoms with Gasteiger partial charge in [-0.1, -0.05) is 19.8 Å². The van der Waals surface area contributed by atoms with E-state index in [9.17, 15) is 5.26 Å². The summed E-state index contributed by atoms with van der Waals surface area (Å²) in [6.07, 6.45) is 6.25. The second kappa shape index (κ2) is 6.91. The number of nitriles is 1. The first-order chi connectivity index (χ1) is 9.56. The molecule has 0 N–H and O–H groups in total. The van der Waals surface area contributed by atoms with Crippen LogP contribution in [0.2, 0.25) is 0 Å². The molecule has 5 atom stereocenters. The van der Waals surface area contributed by atoms with Crippen LogP contribution in [0.25, 0.3) is 0 Å². The molecule has 1 saturated carbocycles. The maximum absolute atomic E-state index is 9.50. The summed E-state index contributed by atoms with van der Waals surface area (Å²) in [4.78, 5) is 5.11. The second-order valence-corrected chi connectivity index (χ2v) is 7.09. The van der Waals surface area contributed by atoms with Gasteiger partial charge in [-0.15, -0.1) is 0 Å². The first kappa shape index (κ1) is 15.8. The van der Waals surface area contributed by atoms with Crippen molar-refractivity contribution in [3.05, 3.63) is 0 Å². The molecule has 0 aromatic rings. The highest BCUT2D eigenvalue weighted by Crippen LogP contribution is 2.35. The van der Waals surface area contributed by atoms with Crippen molar-refractivity contribution in [2.24, 2.45) is 11.8 Å². The molecule has 0 aromatic heterocycles. The predicted octanol–water partition coefficient (Wildman–Crippen LogP) is 3.12. The summed E-state index contributed by atoms with van der Waals surface area (Å²) in [6.45, 7) is 9.17. The average Bonchev–Trinajstić information content (AvgIpc) is 2.44. The van der Waals surface area contributed by atoms with E-state index in [1.165, 1.54) is 25.7 Å². The molecule has 1 saturated heterocycles. The minimum absolute atomic E-state index is 0.255. The van der Waals surface area contributed by atoms with Crippen LogP contribution in [-0.4, -0.2) is 48.1 Å².